The van der Waals surface area contributed by atoms with Gasteiger partial charge >= 0.3 is 36.4 Å². The molecule has 0 saturated carbocycles. The number of nitrogens with zero attached hydrogens (tertiary/aromatic N) is 2. The van der Waals surface area contributed by atoms with Crippen LogP contribution < -0.4 is 36.7 Å². The molecule has 2 aromatic rings. The summed E-state index contributed by atoms with van der Waals surface area (Å²) in [5.74, 6) is -7.08. The van der Waals surface area contributed by atoms with Crippen molar-refractivity contribution in [2.24, 2.45) is 5.73 Å². The number of nitrogen functional groups attached to an aromatic ring is 2. The van der Waals surface area contributed by atoms with E-state index >= 15 is 0 Å². The predicted octanol–water partition coefficient (Wildman–Crippen LogP) is 1.65. The van der Waals surface area contributed by atoms with Crippen LogP contribution in [0.5, 0.6) is 17.2 Å². The van der Waals surface area contributed by atoms with Crippen LogP contribution in [-0.4, -0.2) is 141 Å². The van der Waals surface area contributed by atoms with Gasteiger partial charge in [0, 0.05) is 25.6 Å². The maximum atomic E-state index is 12.2. The zero-order valence-corrected chi connectivity index (χ0v) is 29.8. The number of amides is 1. The summed E-state index contributed by atoms with van der Waals surface area (Å²) in [6.45, 7) is 3.30. The van der Waals surface area contributed by atoms with Crippen molar-refractivity contribution in [3.05, 3.63) is 29.5 Å². The second-order valence-electron chi connectivity index (χ2n) is 9.82. The molecule has 0 aliphatic carbocycles. The van der Waals surface area contributed by atoms with Crippen LogP contribution in [0.2, 0.25) is 0 Å². The monoisotopic (exact) mass is 850 g/mol. The Kier molecular flexibility index (Phi) is 25.4. The Morgan fingerprint density at radius 3 is 1.46 bits per heavy atom. The fourth-order valence-corrected chi connectivity index (χ4v) is 3.09. The Bertz CT molecular complexity index is 1430. The number of halogens is 9. The number of carboxylic acids is 3. The Morgan fingerprint density at radius 2 is 1.09 bits per heavy atom. The van der Waals surface area contributed by atoms with Gasteiger partial charge in [0.05, 0.1) is 59.6 Å². The van der Waals surface area contributed by atoms with Crippen molar-refractivity contribution in [2.45, 2.75) is 24.9 Å². The van der Waals surface area contributed by atoms with E-state index in [0.29, 0.717) is 82.1 Å². The molecule has 1 aromatic heterocycles. The number of methoxy groups -OCH3 is 2. The normalized spacial score (nSPS) is 10.9. The van der Waals surface area contributed by atoms with Gasteiger partial charge in [0.15, 0.2) is 18.1 Å². The molecule has 2 rings (SSSR count). The largest absolute Gasteiger partial charge is 0.493 e. The first kappa shape index (κ1) is 53.5. The second kappa shape index (κ2) is 27.1. The summed E-state index contributed by atoms with van der Waals surface area (Å²) in [4.78, 5) is 46.9. The SMILES string of the molecule is COc1cc(Cc2cc(N)nc(N)n2)cc(OC)c1OCC(=O)NCCOCCOCCOCCN.O=C(O)C(F)(F)F.O=C(O)C(F)(F)F.O=C(O)C(F)(F)F. The molecule has 1 aromatic carbocycles. The summed E-state index contributed by atoms with van der Waals surface area (Å²) in [6, 6.07) is 5.18. The highest BCUT2D eigenvalue weighted by Crippen LogP contribution is 2.39. The van der Waals surface area contributed by atoms with Gasteiger partial charge in [-0.1, -0.05) is 0 Å². The van der Waals surface area contributed by atoms with E-state index in [1.807, 2.05) is 0 Å². The molecule has 0 aliphatic rings. The van der Waals surface area contributed by atoms with Crippen molar-refractivity contribution >= 4 is 35.6 Å². The fraction of sp³-hybridized carbons (Fsp3) is 0.517. The highest BCUT2D eigenvalue weighted by atomic mass is 19.4. The molecule has 0 atom stereocenters. The van der Waals surface area contributed by atoms with Crippen molar-refractivity contribution in [3.8, 4) is 17.2 Å². The Hall–Kier alpha value is -5.61. The van der Waals surface area contributed by atoms with Crippen LogP contribution in [0.3, 0.4) is 0 Å². The number of hydrogen-bond acceptors (Lipinski definition) is 15. The van der Waals surface area contributed by atoms with Crippen molar-refractivity contribution in [2.75, 3.05) is 85.0 Å². The van der Waals surface area contributed by atoms with Crippen molar-refractivity contribution < 1.29 is 102 Å². The first-order valence-electron chi connectivity index (χ1n) is 15.2. The van der Waals surface area contributed by atoms with Gasteiger partial charge < -0.3 is 66.3 Å². The molecule has 57 heavy (non-hydrogen) atoms. The summed E-state index contributed by atoms with van der Waals surface area (Å²) >= 11 is 0. The fourth-order valence-electron chi connectivity index (χ4n) is 3.09. The maximum absolute atomic E-state index is 12.2. The lowest BCUT2D eigenvalue weighted by Gasteiger charge is -2.16. The smallest absolute Gasteiger partial charge is 0.490 e. The van der Waals surface area contributed by atoms with Crippen molar-refractivity contribution in [1.29, 1.82) is 0 Å². The maximum Gasteiger partial charge on any atom is 0.490 e. The number of carbonyl (C=O) groups excluding carboxylic acids is 1. The number of hydrogen-bond donors (Lipinski definition) is 7. The highest BCUT2D eigenvalue weighted by molar-refractivity contribution is 5.77. The third kappa shape index (κ3) is 26.8. The summed E-state index contributed by atoms with van der Waals surface area (Å²) in [5.41, 5.74) is 18.2. The summed E-state index contributed by atoms with van der Waals surface area (Å²) in [6.07, 6.45) is -14.8. The molecular weight excluding hydrogens is 811 g/mol. The summed E-state index contributed by atoms with van der Waals surface area (Å²) in [5, 5.41) is 24.1. The molecule has 0 saturated heterocycles. The third-order valence-corrected chi connectivity index (χ3v) is 5.37. The van der Waals surface area contributed by atoms with E-state index in [0.717, 1.165) is 5.56 Å². The molecule has 1 heterocycles. The van der Waals surface area contributed by atoms with E-state index in [1.54, 1.807) is 18.2 Å². The molecular formula is C29H39F9N6O13. The van der Waals surface area contributed by atoms with E-state index in [9.17, 15) is 44.3 Å². The first-order chi connectivity index (χ1) is 26.3. The zero-order chi connectivity index (χ0) is 44.4. The second-order valence-corrected chi connectivity index (χ2v) is 9.82. The van der Waals surface area contributed by atoms with Crippen molar-refractivity contribution in [3.63, 3.8) is 0 Å². The van der Waals surface area contributed by atoms with Crippen LogP contribution in [-0.2, 0) is 39.8 Å². The Morgan fingerprint density at radius 1 is 0.684 bits per heavy atom. The molecule has 1 amide bonds. The minimum absolute atomic E-state index is 0.0952. The van der Waals surface area contributed by atoms with Crippen LogP contribution in [0.1, 0.15) is 11.3 Å². The number of nitrogens with one attached hydrogen (secondary N) is 1. The quantitative estimate of drug-likeness (QED) is 0.0829. The van der Waals surface area contributed by atoms with Gasteiger partial charge in [-0.15, -0.1) is 0 Å². The molecule has 10 N–H and O–H groups in total. The van der Waals surface area contributed by atoms with Crippen LogP contribution in [0.4, 0.5) is 51.3 Å². The first-order valence-corrected chi connectivity index (χ1v) is 15.2. The summed E-state index contributed by atoms with van der Waals surface area (Å²) < 4.78 is 128. The number of nitrogens with two attached hydrogens (primary N) is 3. The number of aliphatic carboxylic acids is 3. The molecule has 19 nitrogen and oxygen atoms in total. The number of aromatic nitrogens is 2. The van der Waals surface area contributed by atoms with Crippen LogP contribution >= 0.6 is 0 Å². The third-order valence-electron chi connectivity index (χ3n) is 5.37. The standard InChI is InChI=1S/C23H36N6O7.3C2HF3O2/c1-31-18-12-16(11-17-14-20(25)29-23(26)28-17)13-19(32-2)22(18)36-15-21(30)27-4-6-34-8-10-35-9-7-33-5-3-24;3*3-2(4,5)1(6)7/h12-14H,3-11,15,24H2,1-2H3,(H,27,30)(H4,25,26,28,29);3*(H,6,7). The molecule has 0 bridgehead atoms. The number of carbonyl (C=O) groups is 4. The van der Waals surface area contributed by atoms with E-state index in [1.165, 1.54) is 14.2 Å². The van der Waals surface area contributed by atoms with E-state index < -0.39 is 36.4 Å². The molecule has 0 spiro atoms. The number of ether oxygens (including phenoxy) is 6. The number of carboxylic acid groups (broad SMARTS) is 3. The van der Waals surface area contributed by atoms with Crippen LogP contribution in [0.25, 0.3) is 0 Å². The van der Waals surface area contributed by atoms with Gasteiger partial charge in [0.2, 0.25) is 11.7 Å². The Balaban J connectivity index is 0. The van der Waals surface area contributed by atoms with Crippen LogP contribution in [0, 0.1) is 0 Å². The lowest BCUT2D eigenvalue weighted by Crippen LogP contribution is -2.32. The lowest BCUT2D eigenvalue weighted by molar-refractivity contribution is -0.193. The van der Waals surface area contributed by atoms with Gasteiger partial charge in [0.25, 0.3) is 5.91 Å². The van der Waals surface area contributed by atoms with Gasteiger partial charge in [-0.2, -0.15) is 44.5 Å². The Labute approximate surface area is 316 Å². The topological polar surface area (TPSA) is 300 Å². The number of benzene rings is 1. The van der Waals surface area contributed by atoms with Crippen LogP contribution in [0.15, 0.2) is 18.2 Å². The van der Waals surface area contributed by atoms with E-state index in [-0.39, 0.29) is 24.3 Å². The molecule has 0 aliphatic heterocycles. The number of rotatable bonds is 18. The molecule has 0 radical (unpaired) electrons. The number of anilines is 2. The minimum Gasteiger partial charge on any atom is -0.493 e. The molecule has 326 valence electrons. The molecule has 28 heteroatoms. The van der Waals surface area contributed by atoms with Gasteiger partial charge in [-0.05, 0) is 17.7 Å². The van der Waals surface area contributed by atoms with Crippen molar-refractivity contribution in [1.82, 2.24) is 15.3 Å². The lowest BCUT2D eigenvalue weighted by atomic mass is 10.1. The van der Waals surface area contributed by atoms with Gasteiger partial charge in [0.1, 0.15) is 5.82 Å². The predicted molar refractivity (Wildman–Crippen MR) is 174 cm³/mol. The average molecular weight is 851 g/mol. The summed E-state index contributed by atoms with van der Waals surface area (Å²) in [7, 11) is 3.00. The zero-order valence-electron chi connectivity index (χ0n) is 29.8. The number of alkyl halides is 9. The van der Waals surface area contributed by atoms with Gasteiger partial charge in [-0.3, -0.25) is 4.79 Å². The van der Waals surface area contributed by atoms with Gasteiger partial charge in [-0.25, -0.2) is 19.4 Å². The average Bonchev–Trinajstić information content (AvgIpc) is 3.08. The van der Waals surface area contributed by atoms with E-state index in [4.69, 9.17) is 75.3 Å². The molecule has 0 fully saturated rings. The van der Waals surface area contributed by atoms with E-state index in [2.05, 4.69) is 15.3 Å². The highest BCUT2D eigenvalue weighted by Gasteiger charge is 2.39. The minimum atomic E-state index is -5.08. The molecule has 0 unspecified atom stereocenters.